The lowest BCUT2D eigenvalue weighted by Gasteiger charge is -2.37. The van der Waals surface area contributed by atoms with Gasteiger partial charge in [-0.15, -0.1) is 0 Å². The molecule has 0 amide bonds. The van der Waals surface area contributed by atoms with Gasteiger partial charge in [-0.25, -0.2) is 8.42 Å². The third-order valence-electron chi connectivity index (χ3n) is 5.44. The normalized spacial score (nSPS) is 12.4. The number of benzene rings is 2. The molecule has 1 N–H and O–H groups in total. The first-order valence-electron chi connectivity index (χ1n) is 10.6. The Morgan fingerprint density at radius 1 is 1.00 bits per heavy atom. The molecule has 8 heteroatoms. The highest BCUT2D eigenvalue weighted by molar-refractivity contribution is 7.92. The van der Waals surface area contributed by atoms with Crippen LogP contribution < -0.4 is 10.2 Å². The Kier molecular flexibility index (Phi) is 8.68. The second-order valence-electron chi connectivity index (χ2n) is 8.94. The molecule has 0 aliphatic carbocycles. The zero-order valence-electron chi connectivity index (χ0n) is 19.4. The van der Waals surface area contributed by atoms with Gasteiger partial charge in [0.15, 0.2) is 9.84 Å². The summed E-state index contributed by atoms with van der Waals surface area (Å²) in [6.07, 6.45) is 0.565. The molecule has 0 atom stereocenters. The SMILES string of the molecule is Cc1ccc(S(=O)(=O)CC(=O)CCCOc2ccc([B]OC(C)(C)C(C)(C)O)cc2)cc1. The van der Waals surface area contributed by atoms with E-state index in [2.05, 4.69) is 0 Å². The van der Waals surface area contributed by atoms with Gasteiger partial charge in [0.1, 0.15) is 17.3 Å². The van der Waals surface area contributed by atoms with Crippen LogP contribution in [0.3, 0.4) is 0 Å². The predicted octanol–water partition coefficient (Wildman–Crippen LogP) is 3.01. The fourth-order valence-electron chi connectivity index (χ4n) is 2.57. The van der Waals surface area contributed by atoms with E-state index in [1.165, 1.54) is 12.1 Å². The highest BCUT2D eigenvalue weighted by Gasteiger charge is 2.35. The zero-order valence-corrected chi connectivity index (χ0v) is 20.2. The number of carbonyl (C=O) groups excluding carboxylic acids is 1. The molecule has 2 aromatic carbocycles. The Bertz CT molecular complexity index is 990. The van der Waals surface area contributed by atoms with Crippen molar-refractivity contribution < 1.29 is 27.7 Å². The molecule has 0 heterocycles. The van der Waals surface area contributed by atoms with Crippen molar-refractivity contribution in [1.82, 2.24) is 0 Å². The minimum absolute atomic E-state index is 0.136. The first-order valence-corrected chi connectivity index (χ1v) is 12.2. The summed E-state index contributed by atoms with van der Waals surface area (Å²) in [4.78, 5) is 12.3. The van der Waals surface area contributed by atoms with E-state index in [9.17, 15) is 18.3 Å². The van der Waals surface area contributed by atoms with Gasteiger partial charge in [0.25, 0.3) is 0 Å². The van der Waals surface area contributed by atoms with Gasteiger partial charge in [-0.05, 0) is 65.3 Å². The van der Waals surface area contributed by atoms with Crippen molar-refractivity contribution in [2.45, 2.75) is 63.6 Å². The fraction of sp³-hybridized carbons (Fsp3) is 0.458. The molecule has 0 saturated heterocycles. The Morgan fingerprint density at radius 3 is 2.16 bits per heavy atom. The van der Waals surface area contributed by atoms with E-state index >= 15 is 0 Å². The van der Waals surface area contributed by atoms with E-state index in [0.717, 1.165) is 11.0 Å². The van der Waals surface area contributed by atoms with Crippen LogP contribution in [-0.2, 0) is 19.3 Å². The fourth-order valence-corrected chi connectivity index (χ4v) is 3.86. The number of hydrogen-bond acceptors (Lipinski definition) is 6. The largest absolute Gasteiger partial charge is 0.494 e. The molecule has 0 aliphatic heterocycles. The number of aryl methyl sites for hydroxylation is 1. The number of sulfone groups is 1. The van der Waals surface area contributed by atoms with Crippen molar-refractivity contribution in [3.63, 3.8) is 0 Å². The third kappa shape index (κ3) is 7.76. The molecule has 2 rings (SSSR count). The van der Waals surface area contributed by atoms with E-state index in [1.54, 1.807) is 45.6 Å². The smallest absolute Gasteiger partial charge is 0.330 e. The number of ether oxygens (including phenoxy) is 1. The lowest BCUT2D eigenvalue weighted by atomic mass is 9.82. The summed E-state index contributed by atoms with van der Waals surface area (Å²) in [5.74, 6) is -0.184. The molecular weight excluding hydrogens is 427 g/mol. The average Bonchev–Trinajstić information content (AvgIpc) is 2.70. The highest BCUT2D eigenvalue weighted by atomic mass is 32.2. The molecule has 0 aliphatic rings. The van der Waals surface area contributed by atoms with Crippen molar-refractivity contribution in [2.75, 3.05) is 12.4 Å². The summed E-state index contributed by atoms with van der Waals surface area (Å²) in [5, 5.41) is 10.1. The summed E-state index contributed by atoms with van der Waals surface area (Å²) in [7, 11) is -2.02. The number of carbonyl (C=O) groups is 1. The second-order valence-corrected chi connectivity index (χ2v) is 10.9. The van der Waals surface area contributed by atoms with Crippen molar-refractivity contribution in [2.24, 2.45) is 0 Å². The second kappa shape index (κ2) is 10.6. The molecule has 0 aromatic heterocycles. The molecule has 32 heavy (non-hydrogen) atoms. The number of hydrogen-bond donors (Lipinski definition) is 1. The van der Waals surface area contributed by atoms with Gasteiger partial charge in [0, 0.05) is 6.42 Å². The molecule has 6 nitrogen and oxygen atoms in total. The molecule has 0 fully saturated rings. The maximum atomic E-state index is 12.3. The van der Waals surface area contributed by atoms with Crippen molar-refractivity contribution in [1.29, 1.82) is 0 Å². The number of rotatable bonds is 12. The van der Waals surface area contributed by atoms with Crippen LogP contribution in [0.15, 0.2) is 53.4 Å². The Balaban J connectivity index is 1.74. The van der Waals surface area contributed by atoms with Gasteiger partial charge >= 0.3 is 7.48 Å². The Labute approximate surface area is 192 Å². The first-order chi connectivity index (χ1) is 14.8. The third-order valence-corrected chi connectivity index (χ3v) is 7.14. The van der Waals surface area contributed by atoms with Gasteiger partial charge < -0.3 is 14.5 Å². The summed E-state index contributed by atoms with van der Waals surface area (Å²) < 4.78 is 36.0. The standard InChI is InChI=1S/C24H32BO6S/c1-18-8-14-22(15-9-18)32(28,29)17-20(26)7-6-16-30-21-12-10-19(11-13-21)25-31-24(4,5)23(2,3)27/h8-15,27H,6-7,16-17H2,1-5H3. The van der Waals surface area contributed by atoms with Crippen molar-refractivity contribution >= 4 is 28.6 Å². The quantitative estimate of drug-likeness (QED) is 0.388. The van der Waals surface area contributed by atoms with Crippen LogP contribution in [0.2, 0.25) is 0 Å². The molecule has 1 radical (unpaired) electrons. The number of Topliss-reactive ketones (excluding diaryl/α,β-unsaturated/α-hetero) is 1. The molecule has 0 spiro atoms. The minimum atomic E-state index is -3.62. The summed E-state index contributed by atoms with van der Waals surface area (Å²) >= 11 is 0. The van der Waals surface area contributed by atoms with E-state index in [-0.39, 0.29) is 17.1 Å². The Hall–Kier alpha value is -2.16. The maximum Gasteiger partial charge on any atom is 0.330 e. The van der Waals surface area contributed by atoms with Gasteiger partial charge in [-0.3, -0.25) is 4.79 Å². The lowest BCUT2D eigenvalue weighted by molar-refractivity contribution is -0.116. The van der Waals surface area contributed by atoms with Crippen LogP contribution in [0.5, 0.6) is 5.75 Å². The summed E-state index contributed by atoms with van der Waals surface area (Å²) in [5.41, 5.74) is 0.0421. The monoisotopic (exact) mass is 459 g/mol. The van der Waals surface area contributed by atoms with Crippen LogP contribution >= 0.6 is 0 Å². The Morgan fingerprint density at radius 2 is 1.59 bits per heavy atom. The lowest BCUT2D eigenvalue weighted by Crippen LogP contribution is -2.49. The first kappa shape index (κ1) is 26.1. The maximum absolute atomic E-state index is 12.3. The highest BCUT2D eigenvalue weighted by Crippen LogP contribution is 2.24. The van der Waals surface area contributed by atoms with Crippen LogP contribution in [0, 0.1) is 6.92 Å². The minimum Gasteiger partial charge on any atom is -0.494 e. The average molecular weight is 459 g/mol. The summed E-state index contributed by atoms with van der Waals surface area (Å²) in [6, 6.07) is 13.7. The molecular formula is C24H32BO6S. The zero-order chi connectivity index (χ0) is 24.0. The van der Waals surface area contributed by atoms with Crippen LogP contribution in [0.1, 0.15) is 46.1 Å². The predicted molar refractivity (Wildman–Crippen MR) is 126 cm³/mol. The topological polar surface area (TPSA) is 89.9 Å². The molecule has 173 valence electrons. The van der Waals surface area contributed by atoms with Gasteiger partial charge in [-0.1, -0.05) is 35.3 Å². The number of aliphatic hydroxyl groups is 1. The van der Waals surface area contributed by atoms with Gasteiger partial charge in [0.05, 0.1) is 22.7 Å². The van der Waals surface area contributed by atoms with E-state index in [4.69, 9.17) is 9.39 Å². The summed E-state index contributed by atoms with van der Waals surface area (Å²) in [6.45, 7) is 9.20. The van der Waals surface area contributed by atoms with Gasteiger partial charge in [0.2, 0.25) is 0 Å². The van der Waals surface area contributed by atoms with E-state index in [1.807, 2.05) is 32.9 Å². The number of ketones is 1. The molecule has 0 saturated carbocycles. The molecule has 0 bridgehead atoms. The van der Waals surface area contributed by atoms with Crippen molar-refractivity contribution in [3.8, 4) is 5.75 Å². The van der Waals surface area contributed by atoms with Crippen LogP contribution in [0.4, 0.5) is 0 Å². The van der Waals surface area contributed by atoms with Crippen LogP contribution in [-0.4, -0.2) is 50.4 Å². The van der Waals surface area contributed by atoms with Crippen LogP contribution in [0.25, 0.3) is 0 Å². The van der Waals surface area contributed by atoms with Gasteiger partial charge in [-0.2, -0.15) is 0 Å². The molecule has 0 unspecified atom stereocenters. The van der Waals surface area contributed by atoms with Crippen molar-refractivity contribution in [3.05, 3.63) is 54.1 Å². The van der Waals surface area contributed by atoms with E-state index in [0.29, 0.717) is 18.8 Å². The molecule has 2 aromatic rings. The van der Waals surface area contributed by atoms with E-state index < -0.39 is 26.8 Å².